The lowest BCUT2D eigenvalue weighted by Gasteiger charge is -2.14. The number of ether oxygens (including phenoxy) is 1. The predicted molar refractivity (Wildman–Crippen MR) is 95.1 cm³/mol. The molecular formula is C19H19NOS. The molecule has 0 aromatic heterocycles. The van der Waals surface area contributed by atoms with Gasteiger partial charge in [0.2, 0.25) is 5.23 Å². The Morgan fingerprint density at radius 2 is 1.73 bits per heavy atom. The van der Waals surface area contributed by atoms with E-state index >= 15 is 0 Å². The van der Waals surface area contributed by atoms with Crippen molar-refractivity contribution in [2.75, 3.05) is 5.75 Å². The number of aliphatic imine (C=N–C) groups is 1. The van der Waals surface area contributed by atoms with Crippen LogP contribution in [-0.2, 0) is 4.74 Å². The van der Waals surface area contributed by atoms with Crippen molar-refractivity contribution in [1.29, 1.82) is 0 Å². The lowest BCUT2D eigenvalue weighted by atomic mass is 10.0. The van der Waals surface area contributed by atoms with Crippen molar-refractivity contribution in [3.8, 4) is 0 Å². The van der Waals surface area contributed by atoms with Gasteiger partial charge in [-0.05, 0) is 18.1 Å². The van der Waals surface area contributed by atoms with Gasteiger partial charge in [-0.15, -0.1) is 0 Å². The number of hydrogen-bond donors (Lipinski definition) is 0. The SMILES string of the molecule is C[C@@H]1N=C(SC/C=C/c2ccccc2)O[C@H]1c1ccccc1. The molecular weight excluding hydrogens is 290 g/mol. The van der Waals surface area contributed by atoms with E-state index < -0.39 is 0 Å². The Bertz CT molecular complexity index is 652. The van der Waals surface area contributed by atoms with Crippen molar-refractivity contribution in [3.63, 3.8) is 0 Å². The van der Waals surface area contributed by atoms with E-state index in [2.05, 4.69) is 48.3 Å². The van der Waals surface area contributed by atoms with Gasteiger partial charge in [-0.1, -0.05) is 84.6 Å². The zero-order valence-corrected chi connectivity index (χ0v) is 13.4. The maximum Gasteiger partial charge on any atom is 0.247 e. The Labute approximate surface area is 135 Å². The molecule has 0 unspecified atom stereocenters. The fourth-order valence-electron chi connectivity index (χ4n) is 2.40. The minimum absolute atomic E-state index is 0.0433. The van der Waals surface area contributed by atoms with Crippen LogP contribution in [-0.4, -0.2) is 17.0 Å². The van der Waals surface area contributed by atoms with E-state index in [9.17, 15) is 0 Å². The Balaban J connectivity index is 1.52. The van der Waals surface area contributed by atoms with Crippen molar-refractivity contribution < 1.29 is 4.74 Å². The average molecular weight is 309 g/mol. The van der Waals surface area contributed by atoms with E-state index in [-0.39, 0.29) is 12.1 Å². The first kappa shape index (κ1) is 14.9. The van der Waals surface area contributed by atoms with Crippen molar-refractivity contribution in [2.24, 2.45) is 4.99 Å². The van der Waals surface area contributed by atoms with Gasteiger partial charge in [0.15, 0.2) is 0 Å². The van der Waals surface area contributed by atoms with Crippen LogP contribution < -0.4 is 0 Å². The second kappa shape index (κ2) is 7.32. The molecule has 2 aromatic carbocycles. The quantitative estimate of drug-likeness (QED) is 0.797. The van der Waals surface area contributed by atoms with Crippen molar-refractivity contribution in [2.45, 2.75) is 19.1 Å². The van der Waals surface area contributed by atoms with Crippen LogP contribution in [0.1, 0.15) is 24.2 Å². The van der Waals surface area contributed by atoms with Gasteiger partial charge in [0.25, 0.3) is 0 Å². The summed E-state index contributed by atoms with van der Waals surface area (Å²) in [6, 6.07) is 20.8. The standard InChI is InChI=1S/C19H19NOS/c1-15-18(17-12-6-3-7-13-17)21-19(20-15)22-14-8-11-16-9-4-2-5-10-16/h2-13,15,18H,14H2,1H3/b11-8+/t15-,18+/m0/s1. The Morgan fingerprint density at radius 1 is 1.05 bits per heavy atom. The number of hydrogen-bond acceptors (Lipinski definition) is 3. The second-order valence-electron chi connectivity index (χ2n) is 5.21. The highest BCUT2D eigenvalue weighted by molar-refractivity contribution is 8.13. The predicted octanol–water partition coefficient (Wildman–Crippen LogP) is 4.95. The van der Waals surface area contributed by atoms with Crippen LogP contribution in [0, 0.1) is 0 Å². The van der Waals surface area contributed by atoms with E-state index in [0.717, 1.165) is 11.0 Å². The van der Waals surface area contributed by atoms with E-state index in [1.807, 2.05) is 36.4 Å². The molecule has 2 atom stereocenters. The summed E-state index contributed by atoms with van der Waals surface area (Å²) in [6.07, 6.45) is 4.31. The molecule has 112 valence electrons. The van der Waals surface area contributed by atoms with Crippen LogP contribution in [0.5, 0.6) is 0 Å². The molecule has 0 N–H and O–H groups in total. The van der Waals surface area contributed by atoms with E-state index in [1.165, 1.54) is 11.1 Å². The van der Waals surface area contributed by atoms with Crippen LogP contribution >= 0.6 is 11.8 Å². The van der Waals surface area contributed by atoms with E-state index in [4.69, 9.17) is 4.74 Å². The van der Waals surface area contributed by atoms with Gasteiger partial charge in [-0.3, -0.25) is 0 Å². The van der Waals surface area contributed by atoms with Gasteiger partial charge in [0.1, 0.15) is 6.10 Å². The largest absolute Gasteiger partial charge is 0.463 e. The molecule has 0 aliphatic carbocycles. The van der Waals surface area contributed by atoms with Gasteiger partial charge in [0, 0.05) is 5.75 Å². The van der Waals surface area contributed by atoms with E-state index in [1.54, 1.807) is 11.8 Å². The molecule has 0 spiro atoms. The highest BCUT2D eigenvalue weighted by atomic mass is 32.2. The fourth-order valence-corrected chi connectivity index (χ4v) is 3.15. The smallest absolute Gasteiger partial charge is 0.247 e. The highest BCUT2D eigenvalue weighted by Gasteiger charge is 2.28. The zero-order valence-electron chi connectivity index (χ0n) is 12.6. The van der Waals surface area contributed by atoms with Gasteiger partial charge in [0.05, 0.1) is 6.04 Å². The Hall–Kier alpha value is -2.00. The molecule has 3 rings (SSSR count). The number of benzene rings is 2. The van der Waals surface area contributed by atoms with Crippen LogP contribution in [0.3, 0.4) is 0 Å². The maximum absolute atomic E-state index is 5.99. The third kappa shape index (κ3) is 3.80. The minimum atomic E-state index is 0.0433. The number of nitrogens with zero attached hydrogens (tertiary/aromatic N) is 1. The molecule has 0 bridgehead atoms. The molecule has 0 radical (unpaired) electrons. The van der Waals surface area contributed by atoms with E-state index in [0.29, 0.717) is 0 Å². The molecule has 1 heterocycles. The molecule has 22 heavy (non-hydrogen) atoms. The summed E-state index contributed by atoms with van der Waals surface area (Å²) in [5.41, 5.74) is 2.40. The molecule has 0 fully saturated rings. The van der Waals surface area contributed by atoms with Crippen LogP contribution in [0.2, 0.25) is 0 Å². The summed E-state index contributed by atoms with van der Waals surface area (Å²) in [4.78, 5) is 4.61. The Morgan fingerprint density at radius 3 is 2.45 bits per heavy atom. The normalized spacial score (nSPS) is 20.9. The van der Waals surface area contributed by atoms with Gasteiger partial charge in [-0.25, -0.2) is 4.99 Å². The van der Waals surface area contributed by atoms with Gasteiger partial charge < -0.3 is 4.74 Å². The molecule has 0 saturated heterocycles. The molecule has 2 aromatic rings. The lowest BCUT2D eigenvalue weighted by molar-refractivity contribution is 0.207. The lowest BCUT2D eigenvalue weighted by Crippen LogP contribution is -2.09. The molecule has 1 aliphatic heterocycles. The summed E-state index contributed by atoms with van der Waals surface area (Å²) in [5.74, 6) is 0.863. The van der Waals surface area contributed by atoms with Crippen molar-refractivity contribution in [3.05, 3.63) is 77.9 Å². The summed E-state index contributed by atoms with van der Waals surface area (Å²) in [5, 5.41) is 0.791. The van der Waals surface area contributed by atoms with Crippen molar-refractivity contribution in [1.82, 2.24) is 0 Å². The third-order valence-corrected chi connectivity index (χ3v) is 4.32. The third-order valence-electron chi connectivity index (χ3n) is 3.52. The van der Waals surface area contributed by atoms with Gasteiger partial charge >= 0.3 is 0 Å². The number of rotatable bonds is 4. The van der Waals surface area contributed by atoms with Crippen LogP contribution in [0.4, 0.5) is 0 Å². The molecule has 3 heteroatoms. The summed E-state index contributed by atoms with van der Waals surface area (Å²) < 4.78 is 5.99. The Kier molecular flexibility index (Phi) is 4.96. The summed E-state index contributed by atoms with van der Waals surface area (Å²) in [7, 11) is 0. The first-order chi connectivity index (χ1) is 10.8. The molecule has 0 amide bonds. The molecule has 2 nitrogen and oxygen atoms in total. The molecule has 1 aliphatic rings. The van der Waals surface area contributed by atoms with Crippen LogP contribution in [0.25, 0.3) is 6.08 Å². The zero-order chi connectivity index (χ0) is 15.2. The topological polar surface area (TPSA) is 21.6 Å². The fraction of sp³-hybridized carbons (Fsp3) is 0.211. The maximum atomic E-state index is 5.99. The molecule has 0 saturated carbocycles. The summed E-state index contributed by atoms with van der Waals surface area (Å²) >= 11 is 1.65. The monoisotopic (exact) mass is 309 g/mol. The first-order valence-electron chi connectivity index (χ1n) is 7.47. The second-order valence-corrected chi connectivity index (χ2v) is 6.18. The number of thioether (sulfide) groups is 1. The van der Waals surface area contributed by atoms with Gasteiger partial charge in [-0.2, -0.15) is 0 Å². The van der Waals surface area contributed by atoms with Crippen LogP contribution in [0.15, 0.2) is 71.7 Å². The highest BCUT2D eigenvalue weighted by Crippen LogP contribution is 2.31. The van der Waals surface area contributed by atoms with Crippen molar-refractivity contribution >= 4 is 23.1 Å². The first-order valence-corrected chi connectivity index (χ1v) is 8.45. The minimum Gasteiger partial charge on any atom is -0.463 e. The average Bonchev–Trinajstić information content (AvgIpc) is 2.94. The summed E-state index contributed by atoms with van der Waals surface area (Å²) in [6.45, 7) is 2.10.